The van der Waals surface area contributed by atoms with Crippen LogP contribution in [0.15, 0.2) is 41.6 Å². The van der Waals surface area contributed by atoms with E-state index in [0.717, 1.165) is 39.9 Å². The Hall–Kier alpha value is -1.10. The third-order valence-corrected chi connectivity index (χ3v) is 4.17. The zero-order valence-electron chi connectivity index (χ0n) is 11.4. The van der Waals surface area contributed by atoms with Crippen molar-refractivity contribution in [2.45, 2.75) is 36.5 Å². The molecule has 1 aromatic heterocycles. The fourth-order valence-electron chi connectivity index (χ4n) is 1.71. The van der Waals surface area contributed by atoms with Crippen LogP contribution in [0.1, 0.15) is 24.7 Å². The number of aromatic nitrogens is 2. The zero-order valence-corrected chi connectivity index (χ0v) is 13.0. The highest BCUT2D eigenvalue weighted by atomic mass is 35.5. The van der Waals surface area contributed by atoms with E-state index in [0.29, 0.717) is 0 Å². The molecule has 1 aromatic carbocycles. The lowest BCUT2D eigenvalue weighted by Gasteiger charge is -2.08. The molecule has 1 unspecified atom stereocenters. The molecule has 1 atom stereocenters. The number of thioether (sulfide) groups is 1. The summed E-state index contributed by atoms with van der Waals surface area (Å²) in [6.07, 6.45) is 5.54. The van der Waals surface area contributed by atoms with Gasteiger partial charge in [-0.2, -0.15) is 0 Å². The Morgan fingerprint density at radius 2 is 2.05 bits per heavy atom. The fraction of sp³-hybridized carbons (Fsp3) is 0.333. The quantitative estimate of drug-likeness (QED) is 0.827. The summed E-state index contributed by atoms with van der Waals surface area (Å²) in [6, 6.07) is 7.98. The number of hydrogen-bond donors (Lipinski definition) is 1. The Labute approximate surface area is 129 Å². The summed E-state index contributed by atoms with van der Waals surface area (Å²) in [5, 5.41) is 0.750. The summed E-state index contributed by atoms with van der Waals surface area (Å²) in [7, 11) is 0. The van der Waals surface area contributed by atoms with Crippen molar-refractivity contribution in [2.75, 3.05) is 0 Å². The van der Waals surface area contributed by atoms with Gasteiger partial charge in [-0.15, -0.1) is 11.8 Å². The van der Waals surface area contributed by atoms with Crippen LogP contribution in [0.2, 0.25) is 5.02 Å². The lowest BCUT2D eigenvalue weighted by atomic mass is 10.1. The van der Waals surface area contributed by atoms with Crippen molar-refractivity contribution in [2.24, 2.45) is 5.73 Å². The summed E-state index contributed by atoms with van der Waals surface area (Å²) in [5.41, 5.74) is 7.01. The van der Waals surface area contributed by atoms with Crippen LogP contribution in [-0.4, -0.2) is 16.0 Å². The molecule has 0 aliphatic heterocycles. The van der Waals surface area contributed by atoms with Crippen LogP contribution in [0.4, 0.5) is 0 Å². The molecule has 0 radical (unpaired) electrons. The van der Waals surface area contributed by atoms with Crippen LogP contribution in [0.25, 0.3) is 0 Å². The van der Waals surface area contributed by atoms with E-state index >= 15 is 0 Å². The standard InChI is InChI=1S/C15H18ClN3S/c1-2-13(17)6-11-8-18-15(19-9-11)10-20-14-5-3-4-12(16)7-14/h3-5,7-9,13H,2,6,10,17H2,1H3. The fourth-order valence-corrected chi connectivity index (χ4v) is 2.80. The van der Waals surface area contributed by atoms with Gasteiger partial charge in [0.05, 0.1) is 5.75 Å². The third kappa shape index (κ3) is 4.78. The van der Waals surface area contributed by atoms with Crippen molar-refractivity contribution in [3.8, 4) is 0 Å². The molecule has 2 N–H and O–H groups in total. The lowest BCUT2D eigenvalue weighted by molar-refractivity contribution is 0.642. The van der Waals surface area contributed by atoms with Gasteiger partial charge >= 0.3 is 0 Å². The Morgan fingerprint density at radius 3 is 2.70 bits per heavy atom. The SMILES string of the molecule is CCC(N)Cc1cnc(CSc2cccc(Cl)c2)nc1. The molecule has 20 heavy (non-hydrogen) atoms. The van der Waals surface area contributed by atoms with Crippen LogP contribution in [-0.2, 0) is 12.2 Å². The molecule has 0 saturated carbocycles. The first-order valence-electron chi connectivity index (χ1n) is 6.61. The Kier molecular flexibility index (Phi) is 5.83. The normalized spacial score (nSPS) is 12.3. The molecular weight excluding hydrogens is 290 g/mol. The van der Waals surface area contributed by atoms with E-state index < -0.39 is 0 Å². The molecule has 0 aliphatic carbocycles. The average Bonchev–Trinajstić information content (AvgIpc) is 2.46. The molecule has 0 saturated heterocycles. The topological polar surface area (TPSA) is 51.8 Å². The summed E-state index contributed by atoms with van der Waals surface area (Å²) in [6.45, 7) is 2.08. The first-order valence-corrected chi connectivity index (χ1v) is 7.97. The van der Waals surface area contributed by atoms with E-state index in [2.05, 4.69) is 16.9 Å². The van der Waals surface area contributed by atoms with Crippen LogP contribution in [0.3, 0.4) is 0 Å². The predicted octanol–water partition coefficient (Wildman–Crippen LogP) is 3.70. The lowest BCUT2D eigenvalue weighted by Crippen LogP contribution is -2.21. The minimum absolute atomic E-state index is 0.185. The Morgan fingerprint density at radius 1 is 1.30 bits per heavy atom. The van der Waals surface area contributed by atoms with Gasteiger partial charge in [-0.3, -0.25) is 0 Å². The van der Waals surface area contributed by atoms with Gasteiger partial charge in [-0.1, -0.05) is 24.6 Å². The molecule has 0 fully saturated rings. The van der Waals surface area contributed by atoms with Gasteiger partial charge in [0, 0.05) is 28.4 Å². The third-order valence-electron chi connectivity index (χ3n) is 2.95. The minimum Gasteiger partial charge on any atom is -0.327 e. The van der Waals surface area contributed by atoms with Gasteiger partial charge in [0.15, 0.2) is 0 Å². The van der Waals surface area contributed by atoms with E-state index in [4.69, 9.17) is 17.3 Å². The second kappa shape index (κ2) is 7.62. The zero-order chi connectivity index (χ0) is 14.4. The van der Waals surface area contributed by atoms with Crippen molar-refractivity contribution in [1.82, 2.24) is 9.97 Å². The smallest absolute Gasteiger partial charge is 0.138 e. The van der Waals surface area contributed by atoms with Gasteiger partial charge in [0.2, 0.25) is 0 Å². The van der Waals surface area contributed by atoms with E-state index in [1.165, 1.54) is 0 Å². The highest BCUT2D eigenvalue weighted by Gasteiger charge is 2.04. The average molecular weight is 308 g/mol. The summed E-state index contributed by atoms with van der Waals surface area (Å²) in [5.74, 6) is 1.56. The van der Waals surface area contributed by atoms with Crippen LogP contribution < -0.4 is 5.73 Å². The van der Waals surface area contributed by atoms with Crippen molar-refractivity contribution in [3.63, 3.8) is 0 Å². The number of nitrogens with zero attached hydrogens (tertiary/aromatic N) is 2. The highest BCUT2D eigenvalue weighted by Crippen LogP contribution is 2.23. The molecule has 0 aliphatic rings. The van der Waals surface area contributed by atoms with Crippen LogP contribution in [0.5, 0.6) is 0 Å². The maximum absolute atomic E-state index is 5.95. The maximum Gasteiger partial charge on any atom is 0.138 e. The van der Waals surface area contributed by atoms with Gasteiger partial charge in [0.25, 0.3) is 0 Å². The number of nitrogens with two attached hydrogens (primary N) is 1. The molecule has 106 valence electrons. The first kappa shape index (κ1) is 15.3. The molecule has 0 amide bonds. The number of rotatable bonds is 6. The predicted molar refractivity (Wildman–Crippen MR) is 85.0 cm³/mol. The van der Waals surface area contributed by atoms with Crippen LogP contribution >= 0.6 is 23.4 Å². The van der Waals surface area contributed by atoms with Crippen LogP contribution in [0, 0.1) is 0 Å². The van der Waals surface area contributed by atoms with Crippen molar-refractivity contribution < 1.29 is 0 Å². The summed E-state index contributed by atoms with van der Waals surface area (Å²) >= 11 is 7.63. The van der Waals surface area contributed by atoms with E-state index in [1.807, 2.05) is 36.7 Å². The number of hydrogen-bond acceptors (Lipinski definition) is 4. The van der Waals surface area contributed by atoms with Gasteiger partial charge in [-0.05, 0) is 36.6 Å². The summed E-state index contributed by atoms with van der Waals surface area (Å²) < 4.78 is 0. The molecule has 5 heteroatoms. The van der Waals surface area contributed by atoms with Gasteiger partial charge in [0.1, 0.15) is 5.82 Å². The monoisotopic (exact) mass is 307 g/mol. The maximum atomic E-state index is 5.95. The van der Waals surface area contributed by atoms with Gasteiger partial charge in [-0.25, -0.2) is 9.97 Å². The molecule has 2 aromatic rings. The molecule has 2 rings (SSSR count). The Bertz CT molecular complexity index is 545. The molecule has 1 heterocycles. The Balaban J connectivity index is 1.90. The molecule has 0 spiro atoms. The van der Waals surface area contributed by atoms with Gasteiger partial charge < -0.3 is 5.73 Å². The second-order valence-electron chi connectivity index (χ2n) is 4.63. The van der Waals surface area contributed by atoms with Crippen molar-refractivity contribution in [1.29, 1.82) is 0 Å². The van der Waals surface area contributed by atoms with E-state index in [1.54, 1.807) is 11.8 Å². The van der Waals surface area contributed by atoms with Crippen molar-refractivity contribution >= 4 is 23.4 Å². The van der Waals surface area contributed by atoms with E-state index in [9.17, 15) is 0 Å². The summed E-state index contributed by atoms with van der Waals surface area (Å²) in [4.78, 5) is 9.89. The number of benzene rings is 1. The molecule has 3 nitrogen and oxygen atoms in total. The first-order chi connectivity index (χ1) is 9.67. The minimum atomic E-state index is 0.185. The van der Waals surface area contributed by atoms with Crippen molar-refractivity contribution in [3.05, 3.63) is 53.1 Å². The van der Waals surface area contributed by atoms with E-state index in [-0.39, 0.29) is 6.04 Å². The largest absolute Gasteiger partial charge is 0.327 e. The molecular formula is C15H18ClN3S. The highest BCUT2D eigenvalue weighted by molar-refractivity contribution is 7.98. The second-order valence-corrected chi connectivity index (χ2v) is 6.11. The molecule has 0 bridgehead atoms. The number of halogens is 1.